The number of nitrogens with two attached hydrogens (primary N) is 1. The molecule has 0 radical (unpaired) electrons. The first-order valence-corrected chi connectivity index (χ1v) is 9.29. The summed E-state index contributed by atoms with van der Waals surface area (Å²) in [5.74, 6) is 0.129. The van der Waals surface area contributed by atoms with Crippen molar-refractivity contribution in [3.05, 3.63) is 28.8 Å². The standard InChI is InChI=1S/C16H20N4OS2/c1-9-7-13(23-16-20-19-10(2)22-16)5-6-14(9)18-15(21)11-3-4-12(17)8-11/h5-7,11-12H,3-4,8,17H2,1-2H3,(H,18,21). The Kier molecular flexibility index (Phi) is 4.99. The minimum atomic E-state index is 0.0443. The lowest BCUT2D eigenvalue weighted by Crippen LogP contribution is -2.23. The van der Waals surface area contributed by atoms with Crippen LogP contribution in [0.4, 0.5) is 5.69 Å². The van der Waals surface area contributed by atoms with Crippen LogP contribution in [0.2, 0.25) is 0 Å². The number of nitrogens with one attached hydrogen (secondary N) is 1. The van der Waals surface area contributed by atoms with Crippen molar-refractivity contribution < 1.29 is 4.79 Å². The van der Waals surface area contributed by atoms with Crippen LogP contribution in [0.25, 0.3) is 0 Å². The normalized spacial score (nSPS) is 20.7. The van der Waals surface area contributed by atoms with Gasteiger partial charge in [0.15, 0.2) is 4.34 Å². The van der Waals surface area contributed by atoms with E-state index in [-0.39, 0.29) is 17.9 Å². The molecule has 1 amide bonds. The molecule has 122 valence electrons. The molecule has 23 heavy (non-hydrogen) atoms. The number of carbonyl (C=O) groups is 1. The summed E-state index contributed by atoms with van der Waals surface area (Å²) in [6.07, 6.45) is 2.61. The van der Waals surface area contributed by atoms with E-state index in [4.69, 9.17) is 5.73 Å². The van der Waals surface area contributed by atoms with E-state index in [2.05, 4.69) is 21.6 Å². The van der Waals surface area contributed by atoms with Crippen LogP contribution in [0.15, 0.2) is 27.4 Å². The van der Waals surface area contributed by atoms with E-state index in [1.807, 2.05) is 26.0 Å². The highest BCUT2D eigenvalue weighted by Gasteiger charge is 2.27. The van der Waals surface area contributed by atoms with Crippen molar-refractivity contribution in [2.24, 2.45) is 11.7 Å². The van der Waals surface area contributed by atoms with Crippen molar-refractivity contribution >= 4 is 34.7 Å². The number of aromatic nitrogens is 2. The van der Waals surface area contributed by atoms with Crippen molar-refractivity contribution in [2.45, 2.75) is 48.4 Å². The Morgan fingerprint density at radius 2 is 2.17 bits per heavy atom. The average Bonchev–Trinajstić information content (AvgIpc) is 3.10. The third-order valence-electron chi connectivity index (χ3n) is 4.01. The summed E-state index contributed by atoms with van der Waals surface area (Å²) < 4.78 is 0.929. The van der Waals surface area contributed by atoms with Crippen LogP contribution in [-0.2, 0) is 4.79 Å². The van der Waals surface area contributed by atoms with Gasteiger partial charge in [0.1, 0.15) is 5.01 Å². The molecule has 1 aliphatic rings. The van der Waals surface area contributed by atoms with Crippen LogP contribution in [-0.4, -0.2) is 22.1 Å². The first-order valence-electron chi connectivity index (χ1n) is 7.66. The van der Waals surface area contributed by atoms with E-state index in [1.165, 1.54) is 0 Å². The molecule has 3 N–H and O–H groups in total. The van der Waals surface area contributed by atoms with E-state index in [1.54, 1.807) is 23.1 Å². The number of benzene rings is 1. The molecule has 0 aliphatic heterocycles. The Hall–Kier alpha value is -1.44. The van der Waals surface area contributed by atoms with Crippen LogP contribution < -0.4 is 11.1 Å². The number of rotatable bonds is 4. The highest BCUT2D eigenvalue weighted by molar-refractivity contribution is 8.01. The molecule has 3 rings (SSSR count). The number of hydrogen-bond donors (Lipinski definition) is 2. The molecule has 0 bridgehead atoms. The van der Waals surface area contributed by atoms with Crippen LogP contribution in [0.1, 0.15) is 29.8 Å². The molecule has 2 atom stereocenters. The van der Waals surface area contributed by atoms with Gasteiger partial charge >= 0.3 is 0 Å². The molecule has 1 aliphatic carbocycles. The van der Waals surface area contributed by atoms with Crippen molar-refractivity contribution in [3.63, 3.8) is 0 Å². The molecule has 5 nitrogen and oxygen atoms in total. The highest BCUT2D eigenvalue weighted by Crippen LogP contribution is 2.32. The van der Waals surface area contributed by atoms with E-state index >= 15 is 0 Å². The number of nitrogens with zero attached hydrogens (tertiary/aromatic N) is 2. The Balaban J connectivity index is 1.66. The smallest absolute Gasteiger partial charge is 0.227 e. The van der Waals surface area contributed by atoms with Crippen LogP contribution in [0.3, 0.4) is 0 Å². The van der Waals surface area contributed by atoms with Gasteiger partial charge in [-0.1, -0.05) is 23.1 Å². The van der Waals surface area contributed by atoms with Gasteiger partial charge in [-0.15, -0.1) is 10.2 Å². The van der Waals surface area contributed by atoms with Gasteiger partial charge in [-0.3, -0.25) is 4.79 Å². The zero-order valence-electron chi connectivity index (χ0n) is 13.2. The molecule has 1 heterocycles. The van der Waals surface area contributed by atoms with Gasteiger partial charge in [0.2, 0.25) is 5.91 Å². The molecule has 7 heteroatoms. The van der Waals surface area contributed by atoms with Gasteiger partial charge in [0, 0.05) is 22.5 Å². The van der Waals surface area contributed by atoms with E-state index in [0.717, 1.165) is 44.8 Å². The zero-order chi connectivity index (χ0) is 16.4. The predicted molar refractivity (Wildman–Crippen MR) is 93.9 cm³/mol. The number of aryl methyl sites for hydroxylation is 2. The first kappa shape index (κ1) is 16.4. The summed E-state index contributed by atoms with van der Waals surface area (Å²) in [5, 5.41) is 12.1. The quantitative estimate of drug-likeness (QED) is 0.885. The zero-order valence-corrected chi connectivity index (χ0v) is 14.8. The van der Waals surface area contributed by atoms with Gasteiger partial charge in [-0.05, 0) is 56.9 Å². The molecule has 0 saturated heterocycles. The molecule has 1 aromatic heterocycles. The second-order valence-corrected chi connectivity index (χ2v) is 8.43. The number of carbonyl (C=O) groups excluding carboxylic acids is 1. The van der Waals surface area contributed by atoms with Gasteiger partial charge < -0.3 is 11.1 Å². The van der Waals surface area contributed by atoms with E-state index in [0.29, 0.717) is 0 Å². The summed E-state index contributed by atoms with van der Waals surface area (Å²) in [5.41, 5.74) is 7.81. The summed E-state index contributed by atoms with van der Waals surface area (Å²) in [6, 6.07) is 6.20. The summed E-state index contributed by atoms with van der Waals surface area (Å²) in [6.45, 7) is 3.95. The minimum Gasteiger partial charge on any atom is -0.328 e. The fourth-order valence-electron chi connectivity index (χ4n) is 2.75. The third kappa shape index (κ3) is 4.10. The lowest BCUT2D eigenvalue weighted by molar-refractivity contribution is -0.119. The Morgan fingerprint density at radius 3 is 2.78 bits per heavy atom. The molecule has 1 saturated carbocycles. The maximum Gasteiger partial charge on any atom is 0.227 e. The fraction of sp³-hybridized carbons (Fsp3) is 0.438. The van der Waals surface area contributed by atoms with Gasteiger partial charge in [0.25, 0.3) is 0 Å². The average molecular weight is 348 g/mol. The molecule has 0 spiro atoms. The maximum absolute atomic E-state index is 12.3. The van der Waals surface area contributed by atoms with E-state index in [9.17, 15) is 4.79 Å². The molecular weight excluding hydrogens is 328 g/mol. The molecule has 1 fully saturated rings. The maximum atomic E-state index is 12.3. The lowest BCUT2D eigenvalue weighted by atomic mass is 10.1. The molecular formula is C16H20N4OS2. The third-order valence-corrected chi connectivity index (χ3v) is 5.89. The van der Waals surface area contributed by atoms with Gasteiger partial charge in [0.05, 0.1) is 0 Å². The SMILES string of the molecule is Cc1nnc(Sc2ccc(NC(=O)C3CCC(N)C3)c(C)c2)s1. The number of amides is 1. The minimum absolute atomic E-state index is 0.0443. The monoisotopic (exact) mass is 348 g/mol. The second-order valence-electron chi connectivity index (χ2n) is 5.93. The number of anilines is 1. The molecule has 1 aromatic carbocycles. The van der Waals surface area contributed by atoms with E-state index < -0.39 is 0 Å². The summed E-state index contributed by atoms with van der Waals surface area (Å²) >= 11 is 3.17. The Morgan fingerprint density at radius 1 is 1.35 bits per heavy atom. The van der Waals surface area contributed by atoms with Crippen molar-refractivity contribution in [3.8, 4) is 0 Å². The highest BCUT2D eigenvalue weighted by atomic mass is 32.2. The molecule has 2 aromatic rings. The van der Waals surface area contributed by atoms with Crippen LogP contribution >= 0.6 is 23.1 Å². The first-order chi connectivity index (χ1) is 11.0. The van der Waals surface area contributed by atoms with Crippen LogP contribution in [0.5, 0.6) is 0 Å². The summed E-state index contributed by atoms with van der Waals surface area (Å²) in [7, 11) is 0. The Labute approximate surface area is 144 Å². The lowest BCUT2D eigenvalue weighted by Gasteiger charge is -2.13. The van der Waals surface area contributed by atoms with Crippen molar-refractivity contribution in [1.82, 2.24) is 10.2 Å². The summed E-state index contributed by atoms with van der Waals surface area (Å²) in [4.78, 5) is 13.4. The van der Waals surface area contributed by atoms with Gasteiger partial charge in [-0.2, -0.15) is 0 Å². The largest absolute Gasteiger partial charge is 0.328 e. The number of hydrogen-bond acceptors (Lipinski definition) is 6. The van der Waals surface area contributed by atoms with Crippen molar-refractivity contribution in [2.75, 3.05) is 5.32 Å². The fourth-order valence-corrected chi connectivity index (χ4v) is 4.64. The Bertz CT molecular complexity index is 716. The second kappa shape index (κ2) is 6.98. The molecule has 2 unspecified atom stereocenters. The van der Waals surface area contributed by atoms with Crippen LogP contribution in [0, 0.1) is 19.8 Å². The van der Waals surface area contributed by atoms with Gasteiger partial charge in [-0.25, -0.2) is 0 Å². The topological polar surface area (TPSA) is 80.9 Å². The van der Waals surface area contributed by atoms with Crippen molar-refractivity contribution in [1.29, 1.82) is 0 Å². The predicted octanol–water partition coefficient (Wildman–Crippen LogP) is 3.37.